The summed E-state index contributed by atoms with van der Waals surface area (Å²) in [6.07, 6.45) is 2.90. The summed E-state index contributed by atoms with van der Waals surface area (Å²) in [5.41, 5.74) is 2.83. The highest BCUT2D eigenvalue weighted by molar-refractivity contribution is 6.30. The second kappa shape index (κ2) is 6.62. The molecule has 0 saturated carbocycles. The Morgan fingerprint density at radius 3 is 2.95 bits per heavy atom. The van der Waals surface area contributed by atoms with Gasteiger partial charge in [0.05, 0.1) is 11.9 Å². The van der Waals surface area contributed by atoms with Gasteiger partial charge in [0.2, 0.25) is 0 Å². The summed E-state index contributed by atoms with van der Waals surface area (Å²) in [4.78, 5) is 18.8. The molecule has 4 nitrogen and oxygen atoms in total. The topological polar surface area (TPSA) is 41.9 Å². The molecule has 2 aromatic rings. The van der Waals surface area contributed by atoms with Gasteiger partial charge in [-0.3, -0.25) is 9.74 Å². The van der Waals surface area contributed by atoms with Gasteiger partial charge in [0.25, 0.3) is 0 Å². The summed E-state index contributed by atoms with van der Waals surface area (Å²) in [5.74, 6) is 0. The van der Waals surface area contributed by atoms with Gasteiger partial charge < -0.3 is 0 Å². The Labute approximate surface area is 133 Å². The number of carbonyl (C=O) groups is 1. The predicted octanol–water partition coefficient (Wildman–Crippen LogP) is 4.26. The molecule has 0 radical (unpaired) electrons. The Kier molecular flexibility index (Phi) is 4.39. The molecule has 1 aliphatic rings. The van der Waals surface area contributed by atoms with Crippen molar-refractivity contribution in [1.29, 1.82) is 0 Å². The van der Waals surface area contributed by atoms with Crippen LogP contribution in [0.4, 0.5) is 10.5 Å². The van der Waals surface area contributed by atoms with Crippen molar-refractivity contribution < 1.29 is 9.63 Å². The summed E-state index contributed by atoms with van der Waals surface area (Å²) >= 11 is 5.89. The number of aryl methyl sites for hydroxylation is 1. The van der Waals surface area contributed by atoms with Gasteiger partial charge >= 0.3 is 6.09 Å². The molecule has 1 aliphatic heterocycles. The number of oxime groups is 1. The Balaban J connectivity index is 1.68. The molecular weight excluding hydrogens is 300 g/mol. The highest BCUT2D eigenvalue weighted by Gasteiger charge is 2.23. The molecule has 0 atom stereocenters. The van der Waals surface area contributed by atoms with E-state index in [0.717, 1.165) is 29.7 Å². The molecule has 3 rings (SSSR count). The highest BCUT2D eigenvalue weighted by Crippen LogP contribution is 2.27. The van der Waals surface area contributed by atoms with Crippen molar-refractivity contribution in [2.45, 2.75) is 12.8 Å². The maximum absolute atomic E-state index is 12.2. The van der Waals surface area contributed by atoms with E-state index in [2.05, 4.69) is 5.16 Å². The van der Waals surface area contributed by atoms with E-state index in [1.165, 1.54) is 6.21 Å². The van der Waals surface area contributed by atoms with Crippen LogP contribution in [0.2, 0.25) is 5.02 Å². The average molecular weight is 315 g/mol. The second-order valence-electron chi connectivity index (χ2n) is 5.03. The zero-order chi connectivity index (χ0) is 15.4. The molecule has 0 N–H and O–H groups in total. The van der Waals surface area contributed by atoms with Gasteiger partial charge in [-0.2, -0.15) is 0 Å². The first-order valence-corrected chi connectivity index (χ1v) is 7.47. The maximum Gasteiger partial charge on any atom is 0.440 e. The first kappa shape index (κ1) is 14.6. The number of benzene rings is 2. The third kappa shape index (κ3) is 3.28. The Bertz CT molecular complexity index is 715. The van der Waals surface area contributed by atoms with Crippen molar-refractivity contribution in [1.82, 2.24) is 0 Å². The number of fused-ring (bicyclic) bond motifs is 1. The van der Waals surface area contributed by atoms with Crippen LogP contribution in [0.1, 0.15) is 17.5 Å². The number of halogens is 1. The van der Waals surface area contributed by atoms with E-state index in [1.807, 2.05) is 36.4 Å². The summed E-state index contributed by atoms with van der Waals surface area (Å²) in [7, 11) is 0. The number of rotatable bonds is 2. The summed E-state index contributed by atoms with van der Waals surface area (Å²) in [6, 6.07) is 15.0. The zero-order valence-electron chi connectivity index (χ0n) is 11.9. The lowest BCUT2D eigenvalue weighted by Gasteiger charge is -2.27. The molecule has 22 heavy (non-hydrogen) atoms. The van der Waals surface area contributed by atoms with Crippen molar-refractivity contribution in [2.24, 2.45) is 5.16 Å². The van der Waals surface area contributed by atoms with E-state index in [-0.39, 0.29) is 0 Å². The second-order valence-corrected chi connectivity index (χ2v) is 5.47. The highest BCUT2D eigenvalue weighted by atomic mass is 35.5. The van der Waals surface area contributed by atoms with Crippen molar-refractivity contribution in [3.05, 3.63) is 64.7 Å². The van der Waals surface area contributed by atoms with Crippen LogP contribution in [0, 0.1) is 0 Å². The zero-order valence-corrected chi connectivity index (χ0v) is 12.7. The number of carbonyl (C=O) groups excluding carboxylic acids is 1. The smallest absolute Gasteiger partial charge is 0.298 e. The summed E-state index contributed by atoms with van der Waals surface area (Å²) in [5, 5.41) is 4.37. The number of hydrogen-bond acceptors (Lipinski definition) is 3. The van der Waals surface area contributed by atoms with Gasteiger partial charge in [-0.25, -0.2) is 4.79 Å². The average Bonchev–Trinajstić information content (AvgIpc) is 2.54. The van der Waals surface area contributed by atoms with Crippen molar-refractivity contribution in [3.8, 4) is 0 Å². The lowest BCUT2D eigenvalue weighted by atomic mass is 10.0. The minimum atomic E-state index is -0.467. The minimum Gasteiger partial charge on any atom is -0.298 e. The number of anilines is 1. The normalized spacial score (nSPS) is 14.0. The van der Waals surface area contributed by atoms with E-state index >= 15 is 0 Å². The maximum atomic E-state index is 12.2. The largest absolute Gasteiger partial charge is 0.440 e. The lowest BCUT2D eigenvalue weighted by molar-refractivity contribution is 0.158. The Morgan fingerprint density at radius 1 is 1.23 bits per heavy atom. The number of nitrogens with zero attached hydrogens (tertiary/aromatic N) is 2. The van der Waals surface area contributed by atoms with Crippen molar-refractivity contribution in [3.63, 3.8) is 0 Å². The van der Waals surface area contributed by atoms with Crippen LogP contribution in [0.3, 0.4) is 0 Å². The number of hydrogen-bond donors (Lipinski definition) is 0. The van der Waals surface area contributed by atoms with Crippen molar-refractivity contribution >= 4 is 29.6 Å². The Hall–Kier alpha value is -2.33. The van der Waals surface area contributed by atoms with Crippen LogP contribution >= 0.6 is 11.6 Å². The standard InChI is InChI=1S/C17H15ClN2O2/c18-15-8-3-5-13(11-15)12-19-22-17(21)20-10-4-7-14-6-1-2-9-16(14)20/h1-3,5-6,8-9,11-12H,4,7,10H2. The third-order valence-electron chi connectivity index (χ3n) is 3.51. The van der Waals surface area contributed by atoms with E-state index in [1.54, 1.807) is 17.0 Å². The van der Waals surface area contributed by atoms with Crippen LogP contribution in [-0.4, -0.2) is 18.9 Å². The van der Waals surface area contributed by atoms with Gasteiger partial charge in [-0.1, -0.05) is 47.1 Å². The monoisotopic (exact) mass is 314 g/mol. The van der Waals surface area contributed by atoms with E-state index in [9.17, 15) is 4.79 Å². The van der Waals surface area contributed by atoms with Gasteiger partial charge in [-0.05, 0) is 42.2 Å². The van der Waals surface area contributed by atoms with Crippen LogP contribution < -0.4 is 4.90 Å². The number of para-hydroxylation sites is 1. The molecule has 0 bridgehead atoms. The van der Waals surface area contributed by atoms with E-state index < -0.39 is 6.09 Å². The summed E-state index contributed by atoms with van der Waals surface area (Å²) < 4.78 is 0. The molecule has 0 unspecified atom stereocenters. The van der Waals surface area contributed by atoms with Crippen LogP contribution in [0.15, 0.2) is 53.7 Å². The first-order chi connectivity index (χ1) is 10.7. The number of amides is 1. The molecule has 0 fully saturated rings. The van der Waals surface area contributed by atoms with Crippen LogP contribution in [-0.2, 0) is 11.3 Å². The molecule has 112 valence electrons. The van der Waals surface area contributed by atoms with Gasteiger partial charge in [-0.15, -0.1) is 0 Å². The fourth-order valence-corrected chi connectivity index (χ4v) is 2.69. The quantitative estimate of drug-likeness (QED) is 0.472. The molecule has 0 spiro atoms. The molecule has 0 aromatic heterocycles. The fraction of sp³-hybridized carbons (Fsp3) is 0.176. The van der Waals surface area contributed by atoms with Gasteiger partial charge in [0.1, 0.15) is 0 Å². The fourth-order valence-electron chi connectivity index (χ4n) is 2.49. The summed E-state index contributed by atoms with van der Waals surface area (Å²) in [6.45, 7) is 0.641. The SMILES string of the molecule is O=C(ON=Cc1cccc(Cl)c1)N1CCCc2ccccc21. The lowest BCUT2D eigenvalue weighted by Crippen LogP contribution is -2.35. The first-order valence-electron chi connectivity index (χ1n) is 7.09. The molecule has 2 aromatic carbocycles. The molecule has 1 amide bonds. The van der Waals surface area contributed by atoms with Gasteiger partial charge in [0.15, 0.2) is 0 Å². The van der Waals surface area contributed by atoms with E-state index in [4.69, 9.17) is 16.4 Å². The van der Waals surface area contributed by atoms with Gasteiger partial charge in [0, 0.05) is 11.6 Å². The van der Waals surface area contributed by atoms with E-state index in [0.29, 0.717) is 11.6 Å². The minimum absolute atomic E-state index is 0.467. The molecule has 0 saturated heterocycles. The molecular formula is C17H15ClN2O2. The molecule has 5 heteroatoms. The third-order valence-corrected chi connectivity index (χ3v) is 3.75. The molecule has 1 heterocycles. The van der Waals surface area contributed by atoms with Crippen molar-refractivity contribution in [2.75, 3.05) is 11.4 Å². The Morgan fingerprint density at radius 2 is 2.09 bits per heavy atom. The predicted molar refractivity (Wildman–Crippen MR) is 87.6 cm³/mol. The van der Waals surface area contributed by atoms with Crippen LogP contribution in [0.5, 0.6) is 0 Å². The van der Waals surface area contributed by atoms with Crippen LogP contribution in [0.25, 0.3) is 0 Å². The molecule has 0 aliphatic carbocycles.